The van der Waals surface area contributed by atoms with Crippen molar-refractivity contribution in [1.29, 1.82) is 0 Å². The van der Waals surface area contributed by atoms with E-state index >= 15 is 0 Å². The molecule has 32 heavy (non-hydrogen) atoms. The highest BCUT2D eigenvalue weighted by Crippen LogP contribution is 2.25. The maximum atomic E-state index is 13.0. The zero-order valence-electron chi connectivity index (χ0n) is 17.6. The van der Waals surface area contributed by atoms with Crippen LogP contribution in [-0.2, 0) is 11.3 Å². The van der Waals surface area contributed by atoms with Crippen molar-refractivity contribution in [2.75, 3.05) is 11.9 Å². The van der Waals surface area contributed by atoms with Gasteiger partial charge < -0.3 is 10.2 Å². The highest BCUT2D eigenvalue weighted by atomic mass is 16.6. The number of hydrogen-bond acceptors (Lipinski definition) is 5. The van der Waals surface area contributed by atoms with E-state index in [1.165, 1.54) is 18.2 Å². The molecule has 2 heterocycles. The van der Waals surface area contributed by atoms with Gasteiger partial charge in [0.15, 0.2) is 0 Å². The Labute approximate surface area is 184 Å². The third-order valence-electron chi connectivity index (χ3n) is 5.58. The van der Waals surface area contributed by atoms with Gasteiger partial charge in [-0.1, -0.05) is 12.1 Å². The Bertz CT molecular complexity index is 1140. The summed E-state index contributed by atoms with van der Waals surface area (Å²) < 4.78 is 1.81. The maximum absolute atomic E-state index is 13.0. The number of benzene rings is 2. The molecule has 1 aliphatic heterocycles. The molecule has 9 heteroatoms. The van der Waals surface area contributed by atoms with Gasteiger partial charge in [-0.15, -0.1) is 0 Å². The van der Waals surface area contributed by atoms with Crippen LogP contribution in [0.15, 0.2) is 60.9 Å². The number of carbonyl (C=O) groups is 2. The van der Waals surface area contributed by atoms with E-state index in [0.29, 0.717) is 36.3 Å². The number of nitro benzene ring substituents is 1. The van der Waals surface area contributed by atoms with Gasteiger partial charge in [-0.25, -0.2) is 0 Å². The number of hydrogen-bond donors (Lipinski definition) is 1. The van der Waals surface area contributed by atoms with E-state index in [0.717, 1.165) is 12.0 Å². The van der Waals surface area contributed by atoms with E-state index in [2.05, 4.69) is 10.4 Å². The second-order valence-electron chi connectivity index (χ2n) is 7.80. The molecule has 1 aliphatic rings. The number of nitro groups is 1. The molecular weight excluding hydrogens is 410 g/mol. The minimum Gasteiger partial charge on any atom is -0.327 e. The summed E-state index contributed by atoms with van der Waals surface area (Å²) >= 11 is 0. The van der Waals surface area contributed by atoms with Crippen molar-refractivity contribution in [3.8, 4) is 0 Å². The smallest absolute Gasteiger partial charge is 0.272 e. The lowest BCUT2D eigenvalue weighted by Crippen LogP contribution is -2.43. The predicted molar refractivity (Wildman–Crippen MR) is 118 cm³/mol. The zero-order valence-corrected chi connectivity index (χ0v) is 17.6. The third-order valence-corrected chi connectivity index (χ3v) is 5.58. The lowest BCUT2D eigenvalue weighted by atomic mass is 10.1. The van der Waals surface area contributed by atoms with Crippen molar-refractivity contribution in [2.24, 2.45) is 0 Å². The quantitative estimate of drug-likeness (QED) is 0.473. The van der Waals surface area contributed by atoms with Crippen LogP contribution in [0.2, 0.25) is 0 Å². The number of anilines is 1. The fourth-order valence-corrected chi connectivity index (χ4v) is 3.94. The summed E-state index contributed by atoms with van der Waals surface area (Å²) in [5, 5.41) is 18.1. The van der Waals surface area contributed by atoms with Crippen LogP contribution < -0.4 is 5.32 Å². The SMILES string of the molecule is Cc1cc(C(=O)N2CCCC2C(=O)Nc2ccc(Cn3cccn3)cc2)ccc1[N+](=O)[O-]. The number of nitrogens with zero attached hydrogens (tertiary/aromatic N) is 4. The molecule has 1 unspecified atom stereocenters. The summed E-state index contributed by atoms with van der Waals surface area (Å²) in [5.41, 5.74) is 2.43. The summed E-state index contributed by atoms with van der Waals surface area (Å²) in [5.74, 6) is -0.537. The van der Waals surface area contributed by atoms with Crippen LogP contribution in [0.3, 0.4) is 0 Å². The topological polar surface area (TPSA) is 110 Å². The minimum atomic E-state index is -0.582. The molecule has 1 atom stereocenters. The van der Waals surface area contributed by atoms with E-state index in [4.69, 9.17) is 0 Å². The number of rotatable bonds is 6. The Morgan fingerprint density at radius 1 is 1.22 bits per heavy atom. The normalized spacial score (nSPS) is 15.5. The summed E-state index contributed by atoms with van der Waals surface area (Å²) in [7, 11) is 0. The molecule has 0 saturated carbocycles. The summed E-state index contributed by atoms with van der Waals surface area (Å²) in [6.45, 7) is 2.70. The van der Waals surface area contributed by atoms with E-state index < -0.39 is 11.0 Å². The van der Waals surface area contributed by atoms with Gasteiger partial charge in [-0.3, -0.25) is 24.4 Å². The van der Waals surface area contributed by atoms with Crippen LogP contribution in [0.1, 0.15) is 34.3 Å². The number of likely N-dealkylation sites (tertiary alicyclic amines) is 1. The molecule has 0 bridgehead atoms. The molecule has 1 fully saturated rings. The zero-order chi connectivity index (χ0) is 22.7. The number of aryl methyl sites for hydroxylation is 1. The molecule has 9 nitrogen and oxygen atoms in total. The first-order valence-corrected chi connectivity index (χ1v) is 10.4. The molecule has 164 valence electrons. The molecule has 1 saturated heterocycles. The van der Waals surface area contributed by atoms with E-state index in [1.807, 2.05) is 41.2 Å². The second kappa shape index (κ2) is 9.01. The van der Waals surface area contributed by atoms with Crippen LogP contribution in [-0.4, -0.2) is 44.0 Å². The fraction of sp³-hybridized carbons (Fsp3) is 0.261. The Kier molecular flexibility index (Phi) is 5.98. The molecule has 3 aromatic rings. The molecular formula is C23H23N5O4. The third kappa shape index (κ3) is 4.51. The minimum absolute atomic E-state index is 0.0340. The molecule has 1 N–H and O–H groups in total. The molecule has 0 aliphatic carbocycles. The monoisotopic (exact) mass is 433 g/mol. The lowest BCUT2D eigenvalue weighted by molar-refractivity contribution is -0.385. The van der Waals surface area contributed by atoms with Crippen molar-refractivity contribution < 1.29 is 14.5 Å². The van der Waals surface area contributed by atoms with Crippen molar-refractivity contribution in [3.05, 3.63) is 87.7 Å². The van der Waals surface area contributed by atoms with Gasteiger partial charge >= 0.3 is 0 Å². The number of carbonyl (C=O) groups excluding carboxylic acids is 2. The van der Waals surface area contributed by atoms with Crippen molar-refractivity contribution >= 4 is 23.2 Å². The summed E-state index contributed by atoms with van der Waals surface area (Å²) in [6, 6.07) is 13.1. The Balaban J connectivity index is 1.42. The highest BCUT2D eigenvalue weighted by Gasteiger charge is 2.35. The van der Waals surface area contributed by atoms with Crippen LogP contribution in [0.25, 0.3) is 0 Å². The first-order chi connectivity index (χ1) is 15.4. The Morgan fingerprint density at radius 3 is 2.66 bits per heavy atom. The van der Waals surface area contributed by atoms with Crippen LogP contribution in [0.5, 0.6) is 0 Å². The van der Waals surface area contributed by atoms with Gasteiger partial charge in [0, 0.05) is 41.8 Å². The van der Waals surface area contributed by atoms with Gasteiger partial charge in [0.05, 0.1) is 11.5 Å². The molecule has 2 aromatic carbocycles. The van der Waals surface area contributed by atoms with Gasteiger partial charge in [-0.2, -0.15) is 5.10 Å². The van der Waals surface area contributed by atoms with Gasteiger partial charge in [-0.05, 0) is 55.7 Å². The first-order valence-electron chi connectivity index (χ1n) is 10.4. The molecule has 0 radical (unpaired) electrons. The fourth-order valence-electron chi connectivity index (χ4n) is 3.94. The van der Waals surface area contributed by atoms with E-state index in [9.17, 15) is 19.7 Å². The van der Waals surface area contributed by atoms with Crippen molar-refractivity contribution in [1.82, 2.24) is 14.7 Å². The standard InChI is InChI=1S/C23H23N5O4/c1-16-14-18(7-10-20(16)28(31)32)23(30)27-13-2-4-21(27)22(29)25-19-8-5-17(6-9-19)15-26-12-3-11-24-26/h3,5-12,14,21H,2,4,13,15H2,1H3,(H,25,29). The molecule has 0 spiro atoms. The van der Waals surface area contributed by atoms with E-state index in [1.54, 1.807) is 18.0 Å². The predicted octanol–water partition coefficient (Wildman–Crippen LogP) is 3.39. The largest absolute Gasteiger partial charge is 0.327 e. The maximum Gasteiger partial charge on any atom is 0.272 e. The van der Waals surface area contributed by atoms with Crippen molar-refractivity contribution in [3.63, 3.8) is 0 Å². The van der Waals surface area contributed by atoms with E-state index in [-0.39, 0.29) is 17.5 Å². The summed E-state index contributed by atoms with van der Waals surface area (Å²) in [4.78, 5) is 38.0. The first kappa shape index (κ1) is 21.2. The van der Waals surface area contributed by atoms with Crippen LogP contribution >= 0.6 is 0 Å². The van der Waals surface area contributed by atoms with Crippen LogP contribution in [0.4, 0.5) is 11.4 Å². The van der Waals surface area contributed by atoms with Gasteiger partial charge in [0.25, 0.3) is 11.6 Å². The molecule has 1 aromatic heterocycles. The van der Waals surface area contributed by atoms with Crippen molar-refractivity contribution in [2.45, 2.75) is 32.4 Å². The Hall–Kier alpha value is -4.01. The van der Waals surface area contributed by atoms with Gasteiger partial charge in [0.1, 0.15) is 6.04 Å². The molecule has 2 amide bonds. The number of aromatic nitrogens is 2. The second-order valence-corrected chi connectivity index (χ2v) is 7.80. The highest BCUT2D eigenvalue weighted by molar-refractivity contribution is 6.01. The number of nitrogens with one attached hydrogen (secondary N) is 1. The van der Waals surface area contributed by atoms with Crippen LogP contribution in [0, 0.1) is 17.0 Å². The average molecular weight is 433 g/mol. The average Bonchev–Trinajstić information content (AvgIpc) is 3.46. The number of amides is 2. The molecule has 4 rings (SSSR count). The van der Waals surface area contributed by atoms with Gasteiger partial charge in [0.2, 0.25) is 5.91 Å². The summed E-state index contributed by atoms with van der Waals surface area (Å²) in [6.07, 6.45) is 4.90. The Morgan fingerprint density at radius 2 is 2.00 bits per heavy atom. The lowest BCUT2D eigenvalue weighted by Gasteiger charge is -2.24.